The lowest BCUT2D eigenvalue weighted by molar-refractivity contribution is 0.0611. The number of hydrogen-bond acceptors (Lipinski definition) is 4. The topological polar surface area (TPSA) is 43.4 Å². The summed E-state index contributed by atoms with van der Waals surface area (Å²) >= 11 is 0. The molecule has 0 spiro atoms. The number of pyridine rings is 1. The van der Waals surface area contributed by atoms with Crippen molar-refractivity contribution in [1.29, 1.82) is 0 Å². The monoisotopic (exact) mass is 294 g/mol. The maximum atomic E-state index is 5.77. The van der Waals surface area contributed by atoms with E-state index in [4.69, 9.17) is 9.47 Å². The summed E-state index contributed by atoms with van der Waals surface area (Å²) in [5, 5.41) is 3.55. The van der Waals surface area contributed by atoms with Crippen molar-refractivity contribution >= 4 is 0 Å². The van der Waals surface area contributed by atoms with E-state index in [0.29, 0.717) is 6.61 Å². The first-order chi connectivity index (χ1) is 9.99. The number of hydrogen-bond donors (Lipinski definition) is 1. The third-order valence-corrected chi connectivity index (χ3v) is 3.50. The molecule has 0 fully saturated rings. The van der Waals surface area contributed by atoms with Gasteiger partial charge in [-0.1, -0.05) is 6.92 Å². The molecular weight excluding hydrogens is 264 g/mol. The van der Waals surface area contributed by atoms with Crippen LogP contribution in [-0.2, 0) is 11.2 Å². The predicted octanol–water partition coefficient (Wildman–Crippen LogP) is 3.04. The molecule has 0 aromatic carbocycles. The molecule has 120 valence electrons. The summed E-state index contributed by atoms with van der Waals surface area (Å²) < 4.78 is 11.3. The average molecular weight is 294 g/mol. The first-order valence-corrected chi connectivity index (χ1v) is 7.83. The summed E-state index contributed by atoms with van der Waals surface area (Å²) in [5.74, 6) is 0.944. The van der Waals surface area contributed by atoms with Gasteiger partial charge in [0.2, 0.25) is 0 Å². The highest BCUT2D eigenvalue weighted by Crippen LogP contribution is 2.24. The highest BCUT2D eigenvalue weighted by Gasteiger charge is 2.15. The van der Waals surface area contributed by atoms with Crippen molar-refractivity contribution in [3.63, 3.8) is 0 Å². The van der Waals surface area contributed by atoms with Crippen LogP contribution in [0.4, 0.5) is 0 Å². The van der Waals surface area contributed by atoms with Crippen molar-refractivity contribution in [3.8, 4) is 5.75 Å². The number of nitrogens with zero attached hydrogens (tertiary/aromatic N) is 1. The van der Waals surface area contributed by atoms with E-state index in [2.05, 4.69) is 38.0 Å². The highest BCUT2D eigenvalue weighted by molar-refractivity contribution is 5.41. The minimum absolute atomic E-state index is 0.248. The van der Waals surface area contributed by atoms with Crippen LogP contribution < -0.4 is 10.1 Å². The van der Waals surface area contributed by atoms with Gasteiger partial charge in [-0.05, 0) is 40.7 Å². The second-order valence-electron chi connectivity index (χ2n) is 5.78. The first kappa shape index (κ1) is 17.9. The van der Waals surface area contributed by atoms with Crippen molar-refractivity contribution in [2.75, 3.05) is 20.3 Å². The van der Waals surface area contributed by atoms with E-state index in [0.717, 1.165) is 42.0 Å². The standard InChI is InChI=1S/C17H30N2O2/c1-7-8-18-15(11-21-12(2)3)9-16-14(5)17(20-6)13(4)10-19-16/h10,12,15,18H,7-9,11H2,1-6H3. The molecule has 1 aromatic rings. The molecule has 0 amide bonds. The zero-order valence-corrected chi connectivity index (χ0v) is 14.3. The highest BCUT2D eigenvalue weighted by atomic mass is 16.5. The summed E-state index contributed by atoms with van der Waals surface area (Å²) in [6, 6.07) is 0.283. The molecule has 0 aliphatic heterocycles. The lowest BCUT2D eigenvalue weighted by atomic mass is 10.0. The molecular formula is C17H30N2O2. The fourth-order valence-corrected chi connectivity index (χ4v) is 2.36. The molecule has 1 heterocycles. The molecule has 1 aromatic heterocycles. The van der Waals surface area contributed by atoms with Gasteiger partial charge in [-0.3, -0.25) is 4.98 Å². The van der Waals surface area contributed by atoms with Crippen molar-refractivity contribution in [1.82, 2.24) is 10.3 Å². The number of rotatable bonds is 9. The number of methoxy groups -OCH3 is 1. The van der Waals surface area contributed by atoms with Gasteiger partial charge in [0, 0.05) is 35.5 Å². The lowest BCUT2D eigenvalue weighted by Gasteiger charge is -2.21. The summed E-state index contributed by atoms with van der Waals surface area (Å²) in [6.45, 7) is 12.1. The van der Waals surface area contributed by atoms with E-state index in [1.54, 1.807) is 7.11 Å². The van der Waals surface area contributed by atoms with E-state index < -0.39 is 0 Å². The first-order valence-electron chi connectivity index (χ1n) is 7.83. The van der Waals surface area contributed by atoms with Gasteiger partial charge in [-0.25, -0.2) is 0 Å². The van der Waals surface area contributed by atoms with Gasteiger partial charge in [-0.15, -0.1) is 0 Å². The van der Waals surface area contributed by atoms with Crippen LogP contribution in [0.5, 0.6) is 5.75 Å². The second-order valence-corrected chi connectivity index (χ2v) is 5.78. The Bertz CT molecular complexity index is 433. The van der Waals surface area contributed by atoms with Crippen LogP contribution in [0.25, 0.3) is 0 Å². The number of nitrogens with one attached hydrogen (secondary N) is 1. The molecule has 0 saturated heterocycles. The third-order valence-electron chi connectivity index (χ3n) is 3.50. The van der Waals surface area contributed by atoms with Crippen LogP contribution in [0.3, 0.4) is 0 Å². The average Bonchev–Trinajstić information content (AvgIpc) is 2.44. The molecule has 4 heteroatoms. The quantitative estimate of drug-likeness (QED) is 0.760. The van der Waals surface area contributed by atoms with E-state index in [1.165, 1.54) is 0 Å². The van der Waals surface area contributed by atoms with E-state index in [1.807, 2.05) is 13.1 Å². The Morgan fingerprint density at radius 3 is 2.57 bits per heavy atom. The zero-order valence-electron chi connectivity index (χ0n) is 14.3. The Hall–Kier alpha value is -1.13. The van der Waals surface area contributed by atoms with E-state index in [-0.39, 0.29) is 12.1 Å². The molecule has 0 aliphatic carbocycles. The summed E-state index contributed by atoms with van der Waals surface area (Å²) in [5.41, 5.74) is 3.29. The number of aryl methyl sites for hydroxylation is 1. The molecule has 0 saturated carbocycles. The van der Waals surface area contributed by atoms with Crippen LogP contribution in [0.2, 0.25) is 0 Å². The SMILES string of the molecule is CCCNC(COC(C)C)Cc1ncc(C)c(OC)c1C. The Morgan fingerprint density at radius 1 is 1.29 bits per heavy atom. The Labute approximate surface area is 129 Å². The Balaban J connectivity index is 2.81. The Morgan fingerprint density at radius 2 is 2.00 bits per heavy atom. The van der Waals surface area contributed by atoms with Crippen LogP contribution in [-0.4, -0.2) is 37.4 Å². The molecule has 0 aliphatic rings. The molecule has 0 bridgehead atoms. The van der Waals surface area contributed by atoms with Gasteiger partial charge in [0.15, 0.2) is 0 Å². The molecule has 0 radical (unpaired) electrons. The molecule has 1 unspecified atom stereocenters. The fraction of sp³-hybridized carbons (Fsp3) is 0.706. The molecule has 21 heavy (non-hydrogen) atoms. The predicted molar refractivity (Wildman–Crippen MR) is 87.1 cm³/mol. The molecule has 1 rings (SSSR count). The minimum atomic E-state index is 0.248. The maximum Gasteiger partial charge on any atom is 0.128 e. The number of ether oxygens (including phenoxy) is 2. The van der Waals surface area contributed by atoms with Gasteiger partial charge in [-0.2, -0.15) is 0 Å². The normalized spacial score (nSPS) is 12.7. The van der Waals surface area contributed by atoms with Gasteiger partial charge in [0.05, 0.1) is 19.8 Å². The van der Waals surface area contributed by atoms with Gasteiger partial charge < -0.3 is 14.8 Å². The smallest absolute Gasteiger partial charge is 0.128 e. The second kappa shape index (κ2) is 9.00. The van der Waals surface area contributed by atoms with Crippen molar-refractivity contribution in [2.24, 2.45) is 0 Å². The van der Waals surface area contributed by atoms with Gasteiger partial charge in [0.1, 0.15) is 5.75 Å². The molecule has 4 nitrogen and oxygen atoms in total. The maximum absolute atomic E-state index is 5.77. The largest absolute Gasteiger partial charge is 0.496 e. The Kier molecular flexibility index (Phi) is 7.68. The van der Waals surface area contributed by atoms with Crippen LogP contribution in [0.15, 0.2) is 6.20 Å². The fourth-order valence-electron chi connectivity index (χ4n) is 2.36. The third kappa shape index (κ3) is 5.64. The van der Waals surface area contributed by atoms with Crippen LogP contribution in [0.1, 0.15) is 44.0 Å². The molecule has 1 N–H and O–H groups in total. The van der Waals surface area contributed by atoms with Crippen molar-refractivity contribution in [2.45, 2.75) is 59.6 Å². The van der Waals surface area contributed by atoms with E-state index in [9.17, 15) is 0 Å². The zero-order chi connectivity index (χ0) is 15.8. The lowest BCUT2D eigenvalue weighted by Crippen LogP contribution is -2.37. The summed E-state index contributed by atoms with van der Waals surface area (Å²) in [7, 11) is 1.72. The summed E-state index contributed by atoms with van der Waals surface area (Å²) in [6.07, 6.45) is 4.11. The van der Waals surface area contributed by atoms with Gasteiger partial charge in [0.25, 0.3) is 0 Å². The number of aromatic nitrogens is 1. The van der Waals surface area contributed by atoms with E-state index >= 15 is 0 Å². The van der Waals surface area contributed by atoms with Crippen LogP contribution in [0, 0.1) is 13.8 Å². The minimum Gasteiger partial charge on any atom is -0.496 e. The van der Waals surface area contributed by atoms with Crippen LogP contribution >= 0.6 is 0 Å². The molecule has 1 atom stereocenters. The van der Waals surface area contributed by atoms with Crippen molar-refractivity contribution in [3.05, 3.63) is 23.0 Å². The summed E-state index contributed by atoms with van der Waals surface area (Å²) in [4.78, 5) is 4.59. The van der Waals surface area contributed by atoms with Gasteiger partial charge >= 0.3 is 0 Å². The van der Waals surface area contributed by atoms with Crippen molar-refractivity contribution < 1.29 is 9.47 Å².